The van der Waals surface area contributed by atoms with Crippen LogP contribution in [-0.2, 0) is 23.8 Å². The van der Waals surface area contributed by atoms with E-state index in [4.69, 9.17) is 23.4 Å². The summed E-state index contributed by atoms with van der Waals surface area (Å²) < 4.78 is 46.1. The molecule has 0 spiro atoms. The van der Waals surface area contributed by atoms with Gasteiger partial charge in [-0.3, -0.25) is 4.18 Å². The largest absolute Gasteiger partial charge is 0.491 e. The number of likely N-dealkylation sites (N-methyl/N-ethyl adjacent to an activating group) is 1. The van der Waals surface area contributed by atoms with Gasteiger partial charge in [0.1, 0.15) is 12.4 Å². The Morgan fingerprint density at radius 1 is 0.744 bits per heavy atom. The Morgan fingerprint density at radius 3 is 2.14 bits per heavy atom. The van der Waals surface area contributed by atoms with Crippen molar-refractivity contribution in [3.8, 4) is 17.0 Å². The zero-order chi connectivity index (χ0) is 30.1. The fourth-order valence-electron chi connectivity index (χ4n) is 4.78. The van der Waals surface area contributed by atoms with Crippen LogP contribution < -0.4 is 9.64 Å². The van der Waals surface area contributed by atoms with Crippen molar-refractivity contribution in [2.45, 2.75) is 11.8 Å². The van der Waals surface area contributed by atoms with Gasteiger partial charge in [-0.05, 0) is 62.5 Å². The maximum atomic E-state index is 12.2. The van der Waals surface area contributed by atoms with Gasteiger partial charge in [0.2, 0.25) is 0 Å². The molecule has 1 aromatic heterocycles. The fourth-order valence-corrected chi connectivity index (χ4v) is 5.67. The normalized spacial score (nSPS) is 14.3. The van der Waals surface area contributed by atoms with Crippen LogP contribution in [0.2, 0.25) is 0 Å². The van der Waals surface area contributed by atoms with Crippen molar-refractivity contribution in [2.24, 2.45) is 0 Å². The summed E-state index contributed by atoms with van der Waals surface area (Å²) in [5.41, 5.74) is 5.20. The van der Waals surface area contributed by atoms with Crippen LogP contribution in [0.1, 0.15) is 5.56 Å². The Morgan fingerprint density at radius 2 is 1.42 bits per heavy atom. The summed E-state index contributed by atoms with van der Waals surface area (Å²) in [6.45, 7) is 7.77. The molecule has 0 bridgehead atoms. The molecule has 1 saturated heterocycles. The minimum atomic E-state index is -3.78. The van der Waals surface area contributed by atoms with Crippen LogP contribution >= 0.6 is 0 Å². The molecule has 0 amide bonds. The number of ether oxygens (including phenoxy) is 3. The Bertz CT molecular complexity index is 1570. The van der Waals surface area contributed by atoms with E-state index >= 15 is 0 Å². The molecular formula is C33H39N3O6S. The summed E-state index contributed by atoms with van der Waals surface area (Å²) in [7, 11) is -1.61. The molecule has 228 valence electrons. The number of aryl methyl sites for hydroxylation is 1. The Kier molecular flexibility index (Phi) is 10.6. The third-order valence-corrected chi connectivity index (χ3v) is 8.66. The number of aromatic nitrogens is 1. The van der Waals surface area contributed by atoms with E-state index in [1.807, 2.05) is 31.2 Å². The third-order valence-electron chi connectivity index (χ3n) is 7.34. The first-order chi connectivity index (χ1) is 20.9. The monoisotopic (exact) mass is 605 g/mol. The zero-order valence-electron chi connectivity index (χ0n) is 24.8. The van der Waals surface area contributed by atoms with Crippen LogP contribution in [-0.4, -0.2) is 91.2 Å². The van der Waals surface area contributed by atoms with Crippen molar-refractivity contribution in [2.75, 3.05) is 77.8 Å². The molecule has 4 aromatic rings. The standard InChI is InChI=1S/C33H39N3O6S/c1-26-3-11-31(12-4-26)43(37,38)42-24-22-40-20-19-39-21-23-41-30-10-14-33-28(25-30)7-13-32(34-33)27-5-8-29(9-6-27)36-17-15-35(2)16-18-36/h3-14,25H,15-24H2,1-2H3. The zero-order valence-corrected chi connectivity index (χ0v) is 25.6. The van der Waals surface area contributed by atoms with Gasteiger partial charge in [-0.2, -0.15) is 8.42 Å². The summed E-state index contributed by atoms with van der Waals surface area (Å²) in [4.78, 5) is 9.79. The second-order valence-corrected chi connectivity index (χ2v) is 12.2. The van der Waals surface area contributed by atoms with E-state index in [9.17, 15) is 8.42 Å². The molecule has 10 heteroatoms. The van der Waals surface area contributed by atoms with E-state index in [1.54, 1.807) is 12.1 Å². The summed E-state index contributed by atoms with van der Waals surface area (Å²) in [5, 5.41) is 1.01. The summed E-state index contributed by atoms with van der Waals surface area (Å²) >= 11 is 0. The van der Waals surface area contributed by atoms with Gasteiger partial charge in [-0.25, -0.2) is 4.98 Å². The lowest BCUT2D eigenvalue weighted by Crippen LogP contribution is -2.44. The van der Waals surface area contributed by atoms with Gasteiger partial charge >= 0.3 is 0 Å². The molecule has 0 atom stereocenters. The van der Waals surface area contributed by atoms with Gasteiger partial charge in [0.25, 0.3) is 10.1 Å². The maximum absolute atomic E-state index is 12.2. The number of piperazine rings is 1. The van der Waals surface area contributed by atoms with Crippen LogP contribution in [0.25, 0.3) is 22.2 Å². The molecule has 1 aliphatic heterocycles. The average molecular weight is 606 g/mol. The van der Waals surface area contributed by atoms with E-state index in [0.717, 1.165) is 59.7 Å². The number of benzene rings is 3. The highest BCUT2D eigenvalue weighted by Gasteiger charge is 2.15. The van der Waals surface area contributed by atoms with Crippen molar-refractivity contribution in [3.05, 3.63) is 84.4 Å². The lowest BCUT2D eigenvalue weighted by atomic mass is 10.1. The van der Waals surface area contributed by atoms with Crippen molar-refractivity contribution in [1.29, 1.82) is 0 Å². The van der Waals surface area contributed by atoms with Gasteiger partial charge in [-0.1, -0.05) is 35.9 Å². The van der Waals surface area contributed by atoms with Crippen LogP contribution in [0.15, 0.2) is 83.8 Å². The SMILES string of the molecule is Cc1ccc(S(=O)(=O)OCCOCCOCCOc2ccc3nc(-c4ccc(N5CCN(C)CC5)cc4)ccc3c2)cc1. The number of hydrogen-bond acceptors (Lipinski definition) is 9. The van der Waals surface area contributed by atoms with E-state index in [-0.39, 0.29) is 18.1 Å². The molecule has 43 heavy (non-hydrogen) atoms. The Labute approximate surface area is 254 Å². The van der Waals surface area contributed by atoms with E-state index in [0.29, 0.717) is 26.4 Å². The van der Waals surface area contributed by atoms with Gasteiger partial charge in [0.05, 0.1) is 49.1 Å². The predicted molar refractivity (Wildman–Crippen MR) is 168 cm³/mol. The molecule has 5 rings (SSSR count). The molecule has 1 fully saturated rings. The molecule has 0 unspecified atom stereocenters. The second-order valence-electron chi connectivity index (χ2n) is 10.6. The third kappa shape index (κ3) is 8.75. The van der Waals surface area contributed by atoms with Crippen LogP contribution in [0.5, 0.6) is 5.75 Å². The van der Waals surface area contributed by atoms with E-state index in [1.165, 1.54) is 17.8 Å². The minimum Gasteiger partial charge on any atom is -0.491 e. The number of fused-ring (bicyclic) bond motifs is 1. The second kappa shape index (κ2) is 14.8. The van der Waals surface area contributed by atoms with Crippen LogP contribution in [0.3, 0.4) is 0 Å². The summed E-state index contributed by atoms with van der Waals surface area (Å²) in [5.74, 6) is 0.755. The Balaban J connectivity index is 0.987. The molecular weight excluding hydrogens is 566 g/mol. The van der Waals surface area contributed by atoms with Crippen molar-refractivity contribution < 1.29 is 26.8 Å². The van der Waals surface area contributed by atoms with Gasteiger partial charge in [0, 0.05) is 42.8 Å². The maximum Gasteiger partial charge on any atom is 0.297 e. The highest BCUT2D eigenvalue weighted by atomic mass is 32.2. The first kappa shape index (κ1) is 30.9. The van der Waals surface area contributed by atoms with Crippen LogP contribution in [0, 0.1) is 6.92 Å². The fraction of sp³-hybridized carbons (Fsp3) is 0.364. The highest BCUT2D eigenvalue weighted by Crippen LogP contribution is 2.26. The van der Waals surface area contributed by atoms with Gasteiger partial charge < -0.3 is 24.0 Å². The number of hydrogen-bond donors (Lipinski definition) is 0. The molecule has 0 aliphatic carbocycles. The molecule has 0 saturated carbocycles. The molecule has 0 radical (unpaired) electrons. The van der Waals surface area contributed by atoms with Crippen molar-refractivity contribution >= 4 is 26.7 Å². The number of rotatable bonds is 14. The molecule has 2 heterocycles. The number of nitrogens with zero attached hydrogens (tertiary/aromatic N) is 3. The lowest BCUT2D eigenvalue weighted by Gasteiger charge is -2.34. The highest BCUT2D eigenvalue weighted by molar-refractivity contribution is 7.86. The van der Waals surface area contributed by atoms with Gasteiger partial charge in [-0.15, -0.1) is 0 Å². The van der Waals surface area contributed by atoms with Gasteiger partial charge in [0.15, 0.2) is 0 Å². The molecule has 1 aliphatic rings. The molecule has 0 N–H and O–H groups in total. The lowest BCUT2D eigenvalue weighted by molar-refractivity contribution is 0.0279. The molecule has 9 nitrogen and oxygen atoms in total. The minimum absolute atomic E-state index is 0.0547. The Hall–Kier alpha value is -3.54. The number of pyridine rings is 1. The quantitative estimate of drug-likeness (QED) is 0.149. The predicted octanol–water partition coefficient (Wildman–Crippen LogP) is 4.78. The van der Waals surface area contributed by atoms with E-state index < -0.39 is 10.1 Å². The topological polar surface area (TPSA) is 90.4 Å². The summed E-state index contributed by atoms with van der Waals surface area (Å²) in [6, 6.07) is 25.2. The first-order valence-electron chi connectivity index (χ1n) is 14.6. The van der Waals surface area contributed by atoms with Crippen molar-refractivity contribution in [3.63, 3.8) is 0 Å². The summed E-state index contributed by atoms with van der Waals surface area (Å²) in [6.07, 6.45) is 0. The number of anilines is 1. The van der Waals surface area contributed by atoms with Crippen molar-refractivity contribution in [1.82, 2.24) is 9.88 Å². The smallest absolute Gasteiger partial charge is 0.297 e. The average Bonchev–Trinajstić information content (AvgIpc) is 3.02. The first-order valence-corrected chi connectivity index (χ1v) is 16.0. The van der Waals surface area contributed by atoms with E-state index in [2.05, 4.69) is 47.2 Å². The molecule has 3 aromatic carbocycles. The van der Waals surface area contributed by atoms with Crippen LogP contribution in [0.4, 0.5) is 5.69 Å².